The molecule has 1 aliphatic rings. The highest BCUT2D eigenvalue weighted by Crippen LogP contribution is 2.25. The first kappa shape index (κ1) is 18.7. The molecule has 1 aromatic heterocycles. The van der Waals surface area contributed by atoms with Crippen LogP contribution in [0.15, 0.2) is 28.9 Å². The van der Waals surface area contributed by atoms with E-state index in [4.69, 9.17) is 13.9 Å². The van der Waals surface area contributed by atoms with E-state index in [2.05, 4.69) is 24.1 Å². The predicted octanol–water partition coefficient (Wildman–Crippen LogP) is 2.46. The van der Waals surface area contributed by atoms with Crippen LogP contribution >= 0.6 is 0 Å². The molecule has 3 rings (SSSR count). The number of rotatable bonds is 7. The van der Waals surface area contributed by atoms with E-state index in [9.17, 15) is 4.79 Å². The Labute approximate surface area is 154 Å². The lowest BCUT2D eigenvalue weighted by Crippen LogP contribution is -2.48. The lowest BCUT2D eigenvalue weighted by molar-refractivity contribution is -0.121. The number of nitrogens with zero attached hydrogens (tertiary/aromatic N) is 1. The Balaban J connectivity index is 1.51. The van der Waals surface area contributed by atoms with Crippen molar-refractivity contribution in [3.8, 4) is 5.75 Å². The fourth-order valence-corrected chi connectivity index (χ4v) is 3.38. The molecule has 0 unspecified atom stereocenters. The van der Waals surface area contributed by atoms with E-state index in [1.165, 1.54) is 0 Å². The summed E-state index contributed by atoms with van der Waals surface area (Å²) in [5, 5.41) is 3.94. The summed E-state index contributed by atoms with van der Waals surface area (Å²) in [4.78, 5) is 14.7. The van der Waals surface area contributed by atoms with Crippen molar-refractivity contribution in [2.45, 2.75) is 26.4 Å². The van der Waals surface area contributed by atoms with Gasteiger partial charge in [0.2, 0.25) is 5.91 Å². The standard InChI is InChI=1S/C20H28N2O4/c1-14(2)11-22-6-7-25-17(12-22)10-21-20(23)8-15-13-26-19-9-16(24-3)4-5-18(15)19/h4-5,9,13-14,17H,6-8,10-12H2,1-3H3,(H,21,23)/t17-/m1/s1. The van der Waals surface area contributed by atoms with Gasteiger partial charge in [-0.15, -0.1) is 0 Å². The number of hydrogen-bond acceptors (Lipinski definition) is 5. The maximum atomic E-state index is 12.3. The number of morpholine rings is 1. The molecular weight excluding hydrogens is 332 g/mol. The number of hydrogen-bond donors (Lipinski definition) is 1. The summed E-state index contributed by atoms with van der Waals surface area (Å²) in [5.74, 6) is 1.35. The topological polar surface area (TPSA) is 63.9 Å². The van der Waals surface area contributed by atoms with E-state index in [1.54, 1.807) is 13.4 Å². The number of amides is 1. The van der Waals surface area contributed by atoms with E-state index < -0.39 is 0 Å². The zero-order valence-corrected chi connectivity index (χ0v) is 15.8. The number of nitrogens with one attached hydrogen (secondary N) is 1. The summed E-state index contributed by atoms with van der Waals surface area (Å²) >= 11 is 0. The average molecular weight is 360 g/mol. The second-order valence-electron chi connectivity index (χ2n) is 7.25. The molecule has 26 heavy (non-hydrogen) atoms. The van der Waals surface area contributed by atoms with Crippen molar-refractivity contribution in [1.82, 2.24) is 10.2 Å². The van der Waals surface area contributed by atoms with Crippen LogP contribution < -0.4 is 10.1 Å². The molecule has 1 aromatic carbocycles. The highest BCUT2D eigenvalue weighted by Gasteiger charge is 2.21. The van der Waals surface area contributed by atoms with Crippen LogP contribution in [-0.2, 0) is 16.0 Å². The van der Waals surface area contributed by atoms with Gasteiger partial charge in [0.25, 0.3) is 0 Å². The van der Waals surface area contributed by atoms with Crippen LogP contribution in [0.4, 0.5) is 0 Å². The van der Waals surface area contributed by atoms with Crippen molar-refractivity contribution in [1.29, 1.82) is 0 Å². The van der Waals surface area contributed by atoms with Crippen LogP contribution in [0.3, 0.4) is 0 Å². The Hall–Kier alpha value is -2.05. The Bertz CT molecular complexity index is 740. The number of furan rings is 1. The molecule has 1 fully saturated rings. The van der Waals surface area contributed by atoms with Crippen LogP contribution in [0, 0.1) is 5.92 Å². The number of methoxy groups -OCH3 is 1. The zero-order valence-electron chi connectivity index (χ0n) is 15.8. The fraction of sp³-hybridized carbons (Fsp3) is 0.550. The Kier molecular flexibility index (Phi) is 6.16. The predicted molar refractivity (Wildman–Crippen MR) is 100 cm³/mol. The van der Waals surface area contributed by atoms with Crippen LogP contribution in [0.5, 0.6) is 5.75 Å². The molecule has 1 atom stereocenters. The Morgan fingerprint density at radius 1 is 1.42 bits per heavy atom. The molecule has 1 amide bonds. The summed E-state index contributed by atoms with van der Waals surface area (Å²) in [6.07, 6.45) is 1.99. The quantitative estimate of drug-likeness (QED) is 0.822. The van der Waals surface area contributed by atoms with Crippen LogP contribution in [0.1, 0.15) is 19.4 Å². The van der Waals surface area contributed by atoms with Crippen molar-refractivity contribution in [2.75, 3.05) is 39.9 Å². The molecule has 1 aliphatic heterocycles. The Morgan fingerprint density at radius 2 is 2.27 bits per heavy atom. The highest BCUT2D eigenvalue weighted by atomic mass is 16.5. The van der Waals surface area contributed by atoms with Gasteiger partial charge in [-0.05, 0) is 18.1 Å². The minimum atomic E-state index is -0.0203. The van der Waals surface area contributed by atoms with Gasteiger partial charge in [0.15, 0.2) is 0 Å². The smallest absolute Gasteiger partial charge is 0.224 e. The van der Waals surface area contributed by atoms with E-state index in [0.29, 0.717) is 18.9 Å². The fourth-order valence-electron chi connectivity index (χ4n) is 3.38. The molecule has 0 spiro atoms. The van der Waals surface area contributed by atoms with Crippen molar-refractivity contribution in [3.63, 3.8) is 0 Å². The van der Waals surface area contributed by atoms with Crippen LogP contribution in [0.25, 0.3) is 11.0 Å². The van der Waals surface area contributed by atoms with Crippen molar-refractivity contribution < 1.29 is 18.7 Å². The van der Waals surface area contributed by atoms with Gasteiger partial charge in [0, 0.05) is 43.2 Å². The van der Waals surface area contributed by atoms with Gasteiger partial charge in [-0.3, -0.25) is 9.69 Å². The van der Waals surface area contributed by atoms with Gasteiger partial charge in [-0.25, -0.2) is 0 Å². The molecule has 6 nitrogen and oxygen atoms in total. The highest BCUT2D eigenvalue weighted by molar-refractivity contribution is 5.88. The normalized spacial score (nSPS) is 18.4. The molecule has 0 aliphatic carbocycles. The van der Waals surface area contributed by atoms with Crippen molar-refractivity contribution >= 4 is 16.9 Å². The molecule has 2 aromatic rings. The summed E-state index contributed by atoms with van der Waals surface area (Å²) in [6, 6.07) is 5.63. The number of carbonyl (C=O) groups excluding carboxylic acids is 1. The van der Waals surface area contributed by atoms with Gasteiger partial charge in [0.1, 0.15) is 11.3 Å². The number of fused-ring (bicyclic) bond motifs is 1. The first-order valence-electron chi connectivity index (χ1n) is 9.20. The second kappa shape index (κ2) is 8.56. The van der Waals surface area contributed by atoms with E-state index >= 15 is 0 Å². The third-order valence-electron chi connectivity index (χ3n) is 4.59. The minimum absolute atomic E-state index is 0.0203. The number of carbonyl (C=O) groups is 1. The molecule has 0 saturated carbocycles. The first-order chi connectivity index (χ1) is 12.5. The maximum Gasteiger partial charge on any atom is 0.224 e. The minimum Gasteiger partial charge on any atom is -0.497 e. The molecule has 1 saturated heterocycles. The SMILES string of the molecule is COc1ccc2c(CC(=O)NC[C@@H]3CN(CC(C)C)CCO3)coc2c1. The van der Waals surface area contributed by atoms with Gasteiger partial charge in [-0.1, -0.05) is 13.8 Å². The van der Waals surface area contributed by atoms with Crippen molar-refractivity contribution in [3.05, 3.63) is 30.0 Å². The third-order valence-corrected chi connectivity index (χ3v) is 4.59. The number of benzene rings is 1. The van der Waals surface area contributed by atoms with Gasteiger partial charge in [-0.2, -0.15) is 0 Å². The molecule has 142 valence electrons. The summed E-state index contributed by atoms with van der Waals surface area (Å²) < 4.78 is 16.5. The summed E-state index contributed by atoms with van der Waals surface area (Å²) in [6.45, 7) is 8.60. The van der Waals surface area contributed by atoms with E-state index in [1.807, 2.05) is 18.2 Å². The monoisotopic (exact) mass is 360 g/mol. The van der Waals surface area contributed by atoms with Gasteiger partial charge >= 0.3 is 0 Å². The molecule has 1 N–H and O–H groups in total. The summed E-state index contributed by atoms with van der Waals surface area (Å²) in [7, 11) is 1.62. The van der Waals surface area contributed by atoms with Gasteiger partial charge in [0.05, 0.1) is 32.5 Å². The lowest BCUT2D eigenvalue weighted by atomic mass is 10.1. The second-order valence-corrected chi connectivity index (χ2v) is 7.25. The lowest BCUT2D eigenvalue weighted by Gasteiger charge is -2.33. The largest absolute Gasteiger partial charge is 0.497 e. The zero-order chi connectivity index (χ0) is 18.5. The average Bonchev–Trinajstić information content (AvgIpc) is 3.01. The van der Waals surface area contributed by atoms with Crippen LogP contribution in [-0.4, -0.2) is 56.8 Å². The van der Waals surface area contributed by atoms with E-state index in [0.717, 1.165) is 48.5 Å². The molecule has 2 heterocycles. The molecule has 0 radical (unpaired) electrons. The summed E-state index contributed by atoms with van der Waals surface area (Å²) in [5.41, 5.74) is 1.61. The maximum absolute atomic E-state index is 12.3. The van der Waals surface area contributed by atoms with Crippen LogP contribution in [0.2, 0.25) is 0 Å². The number of ether oxygens (including phenoxy) is 2. The van der Waals surface area contributed by atoms with Crippen molar-refractivity contribution in [2.24, 2.45) is 5.92 Å². The third kappa shape index (κ3) is 4.77. The Morgan fingerprint density at radius 3 is 3.04 bits per heavy atom. The molecule has 0 bridgehead atoms. The molecule has 6 heteroatoms. The van der Waals surface area contributed by atoms with Gasteiger partial charge < -0.3 is 19.2 Å². The van der Waals surface area contributed by atoms with E-state index in [-0.39, 0.29) is 12.0 Å². The first-order valence-corrected chi connectivity index (χ1v) is 9.20. The molecular formula is C20H28N2O4.